The second-order valence-electron chi connectivity index (χ2n) is 6.81. The van der Waals surface area contributed by atoms with Crippen molar-refractivity contribution < 1.29 is 5.11 Å². The van der Waals surface area contributed by atoms with Crippen molar-refractivity contribution in [3.05, 3.63) is 11.6 Å². The molecule has 1 atom stereocenters. The van der Waals surface area contributed by atoms with E-state index in [1.807, 2.05) is 6.92 Å². The van der Waals surface area contributed by atoms with Crippen LogP contribution in [-0.2, 0) is 0 Å². The van der Waals surface area contributed by atoms with Gasteiger partial charge in [0, 0.05) is 0 Å². The van der Waals surface area contributed by atoms with E-state index in [9.17, 15) is 5.11 Å². The molecule has 1 aliphatic rings. The molecule has 1 nitrogen and oxygen atoms in total. The van der Waals surface area contributed by atoms with Crippen molar-refractivity contribution in [3.8, 4) is 0 Å². The molecule has 0 radical (unpaired) electrons. The summed E-state index contributed by atoms with van der Waals surface area (Å²) in [5, 5.41) is 9.70. The van der Waals surface area contributed by atoms with Crippen LogP contribution in [0, 0.1) is 17.3 Å². The van der Waals surface area contributed by atoms with Crippen LogP contribution in [0.5, 0.6) is 0 Å². The van der Waals surface area contributed by atoms with Gasteiger partial charge in [-0.25, -0.2) is 0 Å². The van der Waals surface area contributed by atoms with Crippen molar-refractivity contribution in [2.24, 2.45) is 17.3 Å². The second-order valence-corrected chi connectivity index (χ2v) is 6.81. The number of allylic oxidation sites excluding steroid dienone is 2. The molecule has 1 unspecified atom stereocenters. The third-order valence-corrected chi connectivity index (χ3v) is 4.66. The lowest BCUT2D eigenvalue weighted by Gasteiger charge is -2.29. The highest BCUT2D eigenvalue weighted by Crippen LogP contribution is 2.34. The highest BCUT2D eigenvalue weighted by molar-refractivity contribution is 5.07. The van der Waals surface area contributed by atoms with Crippen LogP contribution in [0.15, 0.2) is 11.6 Å². The molecule has 0 bridgehead atoms. The lowest BCUT2D eigenvalue weighted by molar-refractivity contribution is 0.0682. The summed E-state index contributed by atoms with van der Waals surface area (Å²) in [4.78, 5) is 0. The summed E-state index contributed by atoms with van der Waals surface area (Å²) in [7, 11) is 0. The second kappa shape index (κ2) is 6.04. The summed E-state index contributed by atoms with van der Waals surface area (Å²) in [6.45, 7) is 10.9. The lowest BCUT2D eigenvalue weighted by atomic mass is 9.77. The Morgan fingerprint density at radius 3 is 2.18 bits per heavy atom. The van der Waals surface area contributed by atoms with Gasteiger partial charge >= 0.3 is 0 Å². The summed E-state index contributed by atoms with van der Waals surface area (Å²) in [6.07, 6.45) is 8.44. The van der Waals surface area contributed by atoms with Crippen LogP contribution in [0.2, 0.25) is 0 Å². The zero-order valence-corrected chi connectivity index (χ0v) is 12.3. The fourth-order valence-corrected chi connectivity index (χ4v) is 2.46. The third-order valence-electron chi connectivity index (χ3n) is 4.66. The van der Waals surface area contributed by atoms with E-state index in [2.05, 4.69) is 33.8 Å². The summed E-state index contributed by atoms with van der Waals surface area (Å²) in [5.74, 6) is 1.77. The normalized spacial score (nSPS) is 23.9. The Kier molecular flexibility index (Phi) is 5.24. The zero-order chi connectivity index (χ0) is 13.1. The SMILES string of the molecule is CC(C)C1CCC(=CCC(C)(C)C(C)O)CC1. The van der Waals surface area contributed by atoms with Crippen LogP contribution in [0.25, 0.3) is 0 Å². The number of aliphatic hydroxyl groups is 1. The van der Waals surface area contributed by atoms with Crippen LogP contribution in [0.4, 0.5) is 0 Å². The van der Waals surface area contributed by atoms with Gasteiger partial charge in [0.2, 0.25) is 0 Å². The van der Waals surface area contributed by atoms with Gasteiger partial charge in [-0.1, -0.05) is 39.3 Å². The Balaban J connectivity index is 2.44. The molecule has 1 saturated carbocycles. The Labute approximate surface area is 107 Å². The standard InChI is InChI=1S/C16H30O/c1-12(2)15-8-6-14(7-9-15)10-11-16(4,5)13(3)17/h10,12-13,15,17H,6-9,11H2,1-5H3. The summed E-state index contributed by atoms with van der Waals surface area (Å²) in [6, 6.07) is 0. The first-order chi connectivity index (χ1) is 7.83. The number of aliphatic hydroxyl groups excluding tert-OH is 1. The largest absolute Gasteiger partial charge is 0.393 e. The molecule has 0 aromatic heterocycles. The van der Waals surface area contributed by atoms with Crippen molar-refractivity contribution in [2.75, 3.05) is 0 Å². The molecule has 1 N–H and O–H groups in total. The molecule has 1 aliphatic carbocycles. The van der Waals surface area contributed by atoms with E-state index < -0.39 is 0 Å². The quantitative estimate of drug-likeness (QED) is 0.712. The van der Waals surface area contributed by atoms with Crippen molar-refractivity contribution >= 4 is 0 Å². The highest BCUT2D eigenvalue weighted by atomic mass is 16.3. The zero-order valence-electron chi connectivity index (χ0n) is 12.3. The monoisotopic (exact) mass is 238 g/mol. The molecule has 0 heterocycles. The first-order valence-electron chi connectivity index (χ1n) is 7.19. The first kappa shape index (κ1) is 14.8. The molecule has 1 heteroatoms. The molecule has 0 amide bonds. The topological polar surface area (TPSA) is 20.2 Å². The molecule has 0 spiro atoms. The van der Waals surface area contributed by atoms with Crippen LogP contribution < -0.4 is 0 Å². The Morgan fingerprint density at radius 2 is 1.76 bits per heavy atom. The predicted octanol–water partition coefficient (Wildman–Crippen LogP) is 4.56. The minimum Gasteiger partial charge on any atom is -0.393 e. The van der Waals surface area contributed by atoms with E-state index in [0.717, 1.165) is 18.3 Å². The number of hydrogen-bond donors (Lipinski definition) is 1. The van der Waals surface area contributed by atoms with Gasteiger partial charge in [0.1, 0.15) is 0 Å². The first-order valence-corrected chi connectivity index (χ1v) is 7.19. The van der Waals surface area contributed by atoms with E-state index in [-0.39, 0.29) is 11.5 Å². The summed E-state index contributed by atoms with van der Waals surface area (Å²) < 4.78 is 0. The molecule has 0 aromatic rings. The predicted molar refractivity (Wildman–Crippen MR) is 75.0 cm³/mol. The molecule has 0 aromatic carbocycles. The maximum absolute atomic E-state index is 9.70. The Hall–Kier alpha value is -0.300. The highest BCUT2D eigenvalue weighted by Gasteiger charge is 2.24. The average Bonchev–Trinajstić information content (AvgIpc) is 2.27. The minimum atomic E-state index is -0.230. The minimum absolute atomic E-state index is 0.0158. The molecular formula is C16H30O. The van der Waals surface area contributed by atoms with E-state index in [4.69, 9.17) is 0 Å². The van der Waals surface area contributed by atoms with Crippen LogP contribution in [0.3, 0.4) is 0 Å². The van der Waals surface area contributed by atoms with E-state index in [1.165, 1.54) is 25.7 Å². The van der Waals surface area contributed by atoms with Crippen molar-refractivity contribution in [1.82, 2.24) is 0 Å². The summed E-state index contributed by atoms with van der Waals surface area (Å²) >= 11 is 0. The lowest BCUT2D eigenvalue weighted by Crippen LogP contribution is -2.25. The molecule has 100 valence electrons. The van der Waals surface area contributed by atoms with Gasteiger partial charge in [-0.2, -0.15) is 0 Å². The van der Waals surface area contributed by atoms with E-state index in [1.54, 1.807) is 5.57 Å². The fraction of sp³-hybridized carbons (Fsp3) is 0.875. The molecule has 1 rings (SSSR count). The molecular weight excluding hydrogens is 208 g/mol. The van der Waals surface area contributed by atoms with Crippen molar-refractivity contribution in [1.29, 1.82) is 0 Å². The van der Waals surface area contributed by atoms with Gasteiger partial charge < -0.3 is 5.11 Å². The Morgan fingerprint density at radius 1 is 1.24 bits per heavy atom. The molecule has 0 saturated heterocycles. The molecule has 0 aliphatic heterocycles. The summed E-state index contributed by atoms with van der Waals surface area (Å²) in [5.41, 5.74) is 1.64. The van der Waals surface area contributed by atoms with Gasteiger partial charge in [-0.3, -0.25) is 0 Å². The van der Waals surface area contributed by atoms with Gasteiger partial charge in [0.25, 0.3) is 0 Å². The maximum atomic E-state index is 9.70. The van der Waals surface area contributed by atoms with Crippen LogP contribution in [-0.4, -0.2) is 11.2 Å². The third kappa shape index (κ3) is 4.46. The molecule has 1 fully saturated rings. The van der Waals surface area contributed by atoms with Gasteiger partial charge in [-0.15, -0.1) is 0 Å². The maximum Gasteiger partial charge on any atom is 0.0565 e. The van der Waals surface area contributed by atoms with Gasteiger partial charge in [-0.05, 0) is 56.3 Å². The van der Waals surface area contributed by atoms with Crippen LogP contribution in [0.1, 0.15) is 66.7 Å². The molecule has 17 heavy (non-hydrogen) atoms. The van der Waals surface area contributed by atoms with Crippen molar-refractivity contribution in [3.63, 3.8) is 0 Å². The average molecular weight is 238 g/mol. The Bertz CT molecular complexity index is 251. The van der Waals surface area contributed by atoms with E-state index >= 15 is 0 Å². The van der Waals surface area contributed by atoms with Crippen molar-refractivity contribution in [2.45, 2.75) is 72.8 Å². The van der Waals surface area contributed by atoms with E-state index in [0.29, 0.717) is 0 Å². The van der Waals surface area contributed by atoms with Crippen LogP contribution >= 0.6 is 0 Å². The van der Waals surface area contributed by atoms with Gasteiger partial charge in [0.15, 0.2) is 0 Å². The number of rotatable bonds is 4. The van der Waals surface area contributed by atoms with Gasteiger partial charge in [0.05, 0.1) is 6.10 Å². The number of hydrogen-bond acceptors (Lipinski definition) is 1. The smallest absolute Gasteiger partial charge is 0.0565 e. The fourth-order valence-electron chi connectivity index (χ4n) is 2.46.